The Bertz CT molecular complexity index is 1100. The fraction of sp³-hybridized carbons (Fsp3) is 1.00. The molecule has 0 aliphatic heterocycles. The topological polar surface area (TPSA) is 153 Å². The van der Waals surface area contributed by atoms with Crippen LogP contribution in [0.5, 0.6) is 0 Å². The Morgan fingerprint density at radius 1 is 0.323 bits per heavy atom. The van der Waals surface area contributed by atoms with Gasteiger partial charge >= 0.3 is 65.4 Å². The van der Waals surface area contributed by atoms with Gasteiger partial charge in [0.05, 0.1) is 0 Å². The molecule has 0 saturated carbocycles. The van der Waals surface area contributed by atoms with Crippen molar-refractivity contribution in [3.8, 4) is 0 Å². The molecule has 0 spiro atoms. The Morgan fingerprint density at radius 3 is 0.500 bits per heavy atom. The molecule has 0 rings (SSSR count). The maximum Gasteiger partial charge on any atom is 3.00 e. The van der Waals surface area contributed by atoms with E-state index < -0.39 is 29.2 Å². The minimum Gasteiger partial charge on any atom is -0.673 e. The molecule has 0 aromatic rings. The van der Waals surface area contributed by atoms with Crippen LogP contribution in [0.3, 0.4) is 0 Å². The van der Waals surface area contributed by atoms with Gasteiger partial charge < -0.3 is 47.9 Å². The summed E-state index contributed by atoms with van der Waals surface area (Å²) in [4.78, 5) is 0. The summed E-state index contributed by atoms with van der Waals surface area (Å²) in [5.74, 6) is 0. The van der Waals surface area contributed by atoms with E-state index in [1.54, 1.807) is 0 Å². The predicted octanol–water partition coefficient (Wildman–Crippen LogP) is 17.6. The quantitative estimate of drug-likeness (QED) is 0.0697. The normalized spacial score (nSPS) is 13.3. The standard InChI is InChI=1S/2C17H38N2O2P2.2C4H12NSi2.2Y/c2*1-13(2)22(20,14(3)4)18-11-17(9,10)12-19-23(21,15(5)6)16(7)8;2*1-6(2)5-7(3)4;;/h2*13-16H,11-12H2,1-10H3;2*1-4H3;;/q2*-2;2*-1;2*+3. The molecule has 0 aliphatic carbocycles. The van der Waals surface area contributed by atoms with Crippen molar-refractivity contribution in [2.24, 2.45) is 10.8 Å². The van der Waals surface area contributed by atoms with Crippen LogP contribution in [0, 0.1) is 10.8 Å². The Morgan fingerprint density at radius 2 is 0.435 bits per heavy atom. The smallest absolute Gasteiger partial charge is 0.673 e. The Labute approximate surface area is 446 Å². The first-order valence-electron chi connectivity index (χ1n) is 22.4. The molecule has 0 amide bonds. The average Bonchev–Trinajstić information content (AvgIpc) is 3.06. The van der Waals surface area contributed by atoms with Crippen molar-refractivity contribution >= 4 is 65.0 Å². The van der Waals surface area contributed by atoms with Gasteiger partial charge in [0.1, 0.15) is 0 Å². The molecule has 0 fully saturated rings. The molecular formula is C42H100N6O4P4Si4Y2. The predicted molar refractivity (Wildman–Crippen MR) is 289 cm³/mol. The van der Waals surface area contributed by atoms with Crippen LogP contribution in [0.25, 0.3) is 29.6 Å². The molecule has 62 heavy (non-hydrogen) atoms. The van der Waals surface area contributed by atoms with E-state index in [0.717, 1.165) is 0 Å². The van der Waals surface area contributed by atoms with E-state index in [1.807, 2.05) is 111 Å². The molecule has 0 saturated heterocycles. The fourth-order valence-electron chi connectivity index (χ4n) is 5.89. The van der Waals surface area contributed by atoms with E-state index >= 15 is 0 Å². The zero-order valence-corrected chi connectivity index (χ0v) is 59.0. The summed E-state index contributed by atoms with van der Waals surface area (Å²) >= 11 is 0. The van der Waals surface area contributed by atoms with Crippen LogP contribution < -0.4 is 0 Å². The maximum absolute atomic E-state index is 13.0. The first kappa shape index (κ1) is 77.2. The molecule has 0 aliphatic rings. The van der Waals surface area contributed by atoms with Crippen molar-refractivity contribution in [3.05, 3.63) is 29.6 Å². The minimum absolute atomic E-state index is 0. The van der Waals surface area contributed by atoms with Gasteiger partial charge in [0.25, 0.3) is 0 Å². The second-order valence-corrected chi connectivity index (χ2v) is 45.1. The van der Waals surface area contributed by atoms with Gasteiger partial charge in [-0.25, -0.2) is 0 Å². The molecule has 10 nitrogen and oxygen atoms in total. The van der Waals surface area contributed by atoms with Crippen LogP contribution in [0.4, 0.5) is 0 Å². The van der Waals surface area contributed by atoms with Crippen LogP contribution in [-0.4, -0.2) is 107 Å². The summed E-state index contributed by atoms with van der Waals surface area (Å²) in [5.41, 5.74) is 0.0546. The summed E-state index contributed by atoms with van der Waals surface area (Å²) in [6.45, 7) is 59.7. The molecule has 0 atom stereocenters. The van der Waals surface area contributed by atoms with Crippen molar-refractivity contribution in [2.75, 3.05) is 26.2 Å². The van der Waals surface area contributed by atoms with Gasteiger partial charge in [-0.15, -0.1) is 26.2 Å². The van der Waals surface area contributed by atoms with Crippen LogP contribution in [0.2, 0.25) is 52.4 Å². The van der Waals surface area contributed by atoms with Gasteiger partial charge in [-0.1, -0.05) is 238 Å². The molecule has 0 aromatic carbocycles. The summed E-state index contributed by atoms with van der Waals surface area (Å²) < 4.78 is 61.1. The maximum atomic E-state index is 13.0. The molecule has 0 N–H and O–H groups in total. The van der Waals surface area contributed by atoms with Crippen molar-refractivity contribution in [1.82, 2.24) is 0 Å². The van der Waals surface area contributed by atoms with Crippen molar-refractivity contribution < 1.29 is 83.7 Å². The van der Waals surface area contributed by atoms with Crippen LogP contribution in [0.15, 0.2) is 0 Å². The van der Waals surface area contributed by atoms with Crippen molar-refractivity contribution in [2.45, 2.75) is 236 Å². The molecule has 4 radical (unpaired) electrons. The minimum atomic E-state index is -2.55. The van der Waals surface area contributed by atoms with Crippen molar-refractivity contribution in [3.63, 3.8) is 0 Å². The van der Waals surface area contributed by atoms with Crippen molar-refractivity contribution in [1.29, 1.82) is 0 Å². The van der Waals surface area contributed by atoms with E-state index in [9.17, 15) is 18.3 Å². The second kappa shape index (κ2) is 35.8. The zero-order chi connectivity index (χ0) is 49.0. The van der Waals surface area contributed by atoms with Crippen LogP contribution >= 0.6 is 29.2 Å². The monoisotopic (exact) mass is 1170 g/mol. The molecule has 0 bridgehead atoms. The first-order chi connectivity index (χ1) is 26.6. The molecule has 0 heterocycles. The summed E-state index contributed by atoms with van der Waals surface area (Å²) in [6, 6.07) is 0. The fourth-order valence-corrected chi connectivity index (χ4v) is 22.8. The van der Waals surface area contributed by atoms with Crippen LogP contribution in [0.1, 0.15) is 138 Å². The number of nitrogens with zero attached hydrogens (tertiary/aromatic N) is 6. The van der Waals surface area contributed by atoms with Gasteiger partial charge in [0.15, 0.2) is 0 Å². The van der Waals surface area contributed by atoms with Gasteiger partial charge in [0.2, 0.25) is 0 Å². The largest absolute Gasteiger partial charge is 3.00 e. The summed E-state index contributed by atoms with van der Waals surface area (Å²) in [7, 11) is -11.2. The van der Waals surface area contributed by atoms with E-state index in [4.69, 9.17) is 0 Å². The van der Waals surface area contributed by atoms with E-state index in [2.05, 4.69) is 110 Å². The third kappa shape index (κ3) is 32.6. The van der Waals surface area contributed by atoms with Gasteiger partial charge in [0, 0.05) is 29.2 Å². The number of rotatable bonds is 24. The summed E-state index contributed by atoms with van der Waals surface area (Å²) in [5, 5.41) is 18.5. The van der Waals surface area contributed by atoms with Crippen LogP contribution in [-0.2, 0) is 83.7 Å². The first-order valence-corrected chi connectivity index (χ1v) is 39.4. The molecule has 20 heteroatoms. The van der Waals surface area contributed by atoms with Gasteiger partial charge in [-0.3, -0.25) is 0 Å². The number of hydrogen-bond acceptors (Lipinski definition) is 4. The SMILES string of the molecule is CC(C)P(=O)([N-]CC(C)(C)C[N-]P(=O)(C(C)C)C(C)C)C(C)C.CC(C)P(=O)([N-]CC(C)(C)C[N-]P(=O)(C(C)C)C(C)C)C(C)C.C[Si](C)[N-][Si](C)C.C[Si](C)[N-][Si](C)C.[Y+3].[Y+3]. The van der Waals surface area contributed by atoms with Gasteiger partial charge in [-0.05, 0) is 45.3 Å². The van der Waals surface area contributed by atoms with E-state index in [-0.39, 0.29) is 157 Å². The average molecular weight is 1170 g/mol. The number of hydrogen-bond donors (Lipinski definition) is 0. The third-order valence-electron chi connectivity index (χ3n) is 9.69. The zero-order valence-electron chi connectivity index (χ0n) is 45.7. The molecule has 0 unspecified atom stereocenters. The van der Waals surface area contributed by atoms with E-state index in [1.165, 1.54) is 0 Å². The molecule has 0 aromatic heterocycles. The van der Waals surface area contributed by atoms with Gasteiger partial charge in [-0.2, -0.15) is 0 Å². The Hall–Kier alpha value is 3.76. The second-order valence-electron chi connectivity index (χ2n) is 21.0. The molecule has 364 valence electrons. The third-order valence-corrected chi connectivity index (χ3v) is 31.0. The molecular weight excluding hydrogens is 1070 g/mol. The summed E-state index contributed by atoms with van der Waals surface area (Å²) in [6.07, 6.45) is 0. The Balaban J connectivity index is -0.000000188. The Kier molecular flexibility index (Phi) is 44.6. The van der Waals surface area contributed by atoms with E-state index in [0.29, 0.717) is 26.2 Å².